The smallest absolute Gasteiger partial charge is 0.410 e. The Morgan fingerprint density at radius 2 is 1.73 bits per heavy atom. The van der Waals surface area contributed by atoms with Gasteiger partial charge in [0.25, 0.3) is 0 Å². The van der Waals surface area contributed by atoms with Crippen molar-refractivity contribution >= 4 is 50.2 Å². The lowest BCUT2D eigenvalue weighted by Gasteiger charge is -2.36. The summed E-state index contributed by atoms with van der Waals surface area (Å²) in [5.74, 6) is 0.434. The summed E-state index contributed by atoms with van der Waals surface area (Å²) in [6.45, 7) is 9.08. The molecule has 0 saturated carbocycles. The first kappa shape index (κ1) is 32.0. The summed E-state index contributed by atoms with van der Waals surface area (Å²) in [5, 5.41) is 4.17. The monoisotopic (exact) mass is 635 g/mol. The van der Waals surface area contributed by atoms with Gasteiger partial charge in [-0.3, -0.25) is 4.72 Å². The third kappa shape index (κ3) is 8.64. The van der Waals surface area contributed by atoms with Crippen LogP contribution >= 0.6 is 0 Å². The van der Waals surface area contributed by atoms with Gasteiger partial charge in [0.2, 0.25) is 16.0 Å². The van der Waals surface area contributed by atoms with E-state index < -0.39 is 15.6 Å². The van der Waals surface area contributed by atoms with Crippen LogP contribution in [-0.4, -0.2) is 85.2 Å². The molecule has 3 heterocycles. The van der Waals surface area contributed by atoms with Crippen molar-refractivity contribution < 1.29 is 22.7 Å². The van der Waals surface area contributed by atoms with Gasteiger partial charge < -0.3 is 29.2 Å². The lowest BCUT2D eigenvalue weighted by Crippen LogP contribution is -2.50. The summed E-state index contributed by atoms with van der Waals surface area (Å²) < 4.78 is 40.4. The topological polar surface area (TPSA) is 131 Å². The number of piperazine rings is 1. The zero-order valence-corrected chi connectivity index (χ0v) is 27.0. The molecule has 0 bridgehead atoms. The van der Waals surface area contributed by atoms with E-state index in [0.717, 1.165) is 41.1 Å². The second-order valence-electron chi connectivity index (χ2n) is 12.0. The van der Waals surface area contributed by atoms with Gasteiger partial charge in [-0.25, -0.2) is 18.2 Å². The van der Waals surface area contributed by atoms with Crippen LogP contribution in [0.1, 0.15) is 32.8 Å². The van der Waals surface area contributed by atoms with Crippen LogP contribution in [0.5, 0.6) is 0 Å². The van der Waals surface area contributed by atoms with Crippen molar-refractivity contribution in [3.63, 3.8) is 0 Å². The number of carbonyl (C=O) groups is 1. The number of aromatic nitrogens is 3. The lowest BCUT2D eigenvalue weighted by atomic mass is 10.2. The molecule has 1 amide bonds. The standard InChI is InChI=1S/C32H41N7O5S/c1-32(2,3)44-31(40)38-18-16-37(17-19-38)27-12-10-26(11-13-27)34-30-33-22-24-14-15-39(29(24)35-30)23-25-8-5-6-9-28(25)36-45(41,42)21-7-20-43-4/h5-6,8-15,22,36H,7,16-21,23H2,1-4H3,(H,33,34,35). The van der Waals surface area contributed by atoms with E-state index in [-0.39, 0.29) is 11.8 Å². The number of ether oxygens (including phenoxy) is 2. The molecule has 2 aromatic heterocycles. The van der Waals surface area contributed by atoms with E-state index in [1.54, 1.807) is 24.3 Å². The summed E-state index contributed by atoms with van der Waals surface area (Å²) in [5.41, 5.74) is 3.49. The number of hydrogen-bond donors (Lipinski definition) is 2. The molecule has 1 aliphatic heterocycles. The summed E-state index contributed by atoms with van der Waals surface area (Å²) in [6.07, 6.45) is 3.83. The fourth-order valence-corrected chi connectivity index (χ4v) is 6.20. The number of carbonyl (C=O) groups excluding carboxylic acids is 1. The zero-order chi connectivity index (χ0) is 32.0. The third-order valence-electron chi connectivity index (χ3n) is 7.31. The number of anilines is 4. The number of fused-ring (bicyclic) bond motifs is 1. The molecule has 45 heavy (non-hydrogen) atoms. The van der Waals surface area contributed by atoms with E-state index in [4.69, 9.17) is 14.5 Å². The second-order valence-corrected chi connectivity index (χ2v) is 13.8. The number of rotatable bonds is 11. The van der Waals surface area contributed by atoms with Crippen LogP contribution in [0.25, 0.3) is 11.0 Å². The molecule has 240 valence electrons. The van der Waals surface area contributed by atoms with Gasteiger partial charge in [0.1, 0.15) is 11.2 Å². The number of methoxy groups -OCH3 is 1. The number of hydrogen-bond acceptors (Lipinski definition) is 9. The molecule has 0 aliphatic carbocycles. The highest BCUT2D eigenvalue weighted by molar-refractivity contribution is 7.92. The summed E-state index contributed by atoms with van der Waals surface area (Å²) >= 11 is 0. The van der Waals surface area contributed by atoms with E-state index >= 15 is 0 Å². The highest BCUT2D eigenvalue weighted by Gasteiger charge is 2.26. The van der Waals surface area contributed by atoms with Crippen molar-refractivity contribution in [2.75, 3.05) is 60.6 Å². The van der Waals surface area contributed by atoms with E-state index in [2.05, 4.69) is 19.9 Å². The van der Waals surface area contributed by atoms with Crippen molar-refractivity contribution in [1.82, 2.24) is 19.4 Å². The first-order chi connectivity index (χ1) is 21.5. The predicted molar refractivity (Wildman–Crippen MR) is 177 cm³/mol. The molecule has 0 atom stereocenters. The van der Waals surface area contributed by atoms with E-state index in [1.165, 1.54) is 0 Å². The number of para-hydroxylation sites is 1. The molecule has 0 radical (unpaired) electrons. The third-order valence-corrected chi connectivity index (χ3v) is 8.66. The summed E-state index contributed by atoms with van der Waals surface area (Å²) in [6, 6.07) is 17.3. The van der Waals surface area contributed by atoms with E-state index in [0.29, 0.717) is 44.3 Å². The van der Waals surface area contributed by atoms with Gasteiger partial charge in [-0.1, -0.05) is 18.2 Å². The zero-order valence-electron chi connectivity index (χ0n) is 26.2. The minimum absolute atomic E-state index is 0.0183. The first-order valence-electron chi connectivity index (χ1n) is 15.0. The van der Waals surface area contributed by atoms with Crippen LogP contribution in [0.15, 0.2) is 67.0 Å². The molecule has 2 N–H and O–H groups in total. The Morgan fingerprint density at radius 1 is 1.00 bits per heavy atom. The maximum atomic E-state index is 12.6. The van der Waals surface area contributed by atoms with Gasteiger partial charge in [-0.05, 0) is 69.2 Å². The second kappa shape index (κ2) is 13.7. The number of amides is 1. The van der Waals surface area contributed by atoms with Crippen LogP contribution < -0.4 is 14.9 Å². The molecule has 5 rings (SSSR count). The number of sulfonamides is 1. The highest BCUT2D eigenvalue weighted by atomic mass is 32.2. The minimum atomic E-state index is -3.51. The van der Waals surface area contributed by atoms with E-state index in [1.807, 2.05) is 80.1 Å². The van der Waals surface area contributed by atoms with Crippen molar-refractivity contribution in [2.24, 2.45) is 0 Å². The first-order valence-corrected chi connectivity index (χ1v) is 16.6. The van der Waals surface area contributed by atoms with Crippen LogP contribution in [0.3, 0.4) is 0 Å². The Bertz CT molecular complexity index is 1710. The Hall–Kier alpha value is -4.36. The fourth-order valence-electron chi connectivity index (χ4n) is 5.07. The SMILES string of the molecule is COCCCS(=O)(=O)Nc1ccccc1Cn1ccc2cnc(Nc3ccc(N4CCN(C(=O)OC(C)(C)C)CC4)cc3)nc21. The number of nitrogens with one attached hydrogen (secondary N) is 2. The Kier molecular flexibility index (Phi) is 9.78. The molecule has 13 heteroatoms. The highest BCUT2D eigenvalue weighted by Crippen LogP contribution is 2.25. The quantitative estimate of drug-likeness (QED) is 0.217. The normalized spacial score (nSPS) is 14.0. The number of benzene rings is 2. The largest absolute Gasteiger partial charge is 0.444 e. The maximum Gasteiger partial charge on any atom is 0.410 e. The van der Waals surface area contributed by atoms with Gasteiger partial charge in [0, 0.05) is 69.1 Å². The Morgan fingerprint density at radius 3 is 2.44 bits per heavy atom. The molecule has 1 saturated heterocycles. The molecule has 1 aliphatic rings. The molecule has 0 unspecified atom stereocenters. The predicted octanol–water partition coefficient (Wildman–Crippen LogP) is 5.06. The van der Waals surface area contributed by atoms with Gasteiger partial charge in [-0.2, -0.15) is 4.98 Å². The van der Waals surface area contributed by atoms with Gasteiger partial charge in [0.15, 0.2) is 0 Å². The summed E-state index contributed by atoms with van der Waals surface area (Å²) in [7, 11) is -1.96. The molecule has 12 nitrogen and oxygen atoms in total. The summed E-state index contributed by atoms with van der Waals surface area (Å²) in [4.78, 5) is 25.7. The molecular formula is C32H41N7O5S. The molecule has 2 aromatic carbocycles. The maximum absolute atomic E-state index is 12.6. The molecule has 0 spiro atoms. The van der Waals surface area contributed by atoms with Crippen LogP contribution in [-0.2, 0) is 26.0 Å². The molecule has 4 aromatic rings. The molecule has 1 fully saturated rings. The lowest BCUT2D eigenvalue weighted by molar-refractivity contribution is 0.0240. The average Bonchev–Trinajstić information content (AvgIpc) is 3.39. The van der Waals surface area contributed by atoms with Crippen LogP contribution in [0.2, 0.25) is 0 Å². The molecular weight excluding hydrogens is 594 g/mol. The van der Waals surface area contributed by atoms with Crippen LogP contribution in [0.4, 0.5) is 27.8 Å². The van der Waals surface area contributed by atoms with Gasteiger partial charge >= 0.3 is 6.09 Å². The van der Waals surface area contributed by atoms with Gasteiger partial charge in [-0.15, -0.1) is 0 Å². The Balaban J connectivity index is 1.23. The van der Waals surface area contributed by atoms with Crippen molar-refractivity contribution in [3.8, 4) is 0 Å². The van der Waals surface area contributed by atoms with Crippen molar-refractivity contribution in [1.29, 1.82) is 0 Å². The average molecular weight is 636 g/mol. The van der Waals surface area contributed by atoms with E-state index in [9.17, 15) is 13.2 Å². The minimum Gasteiger partial charge on any atom is -0.444 e. The van der Waals surface area contributed by atoms with Crippen LogP contribution in [0, 0.1) is 0 Å². The van der Waals surface area contributed by atoms with Gasteiger partial charge in [0.05, 0.1) is 18.0 Å². The fraction of sp³-hybridized carbons (Fsp3) is 0.406. The van der Waals surface area contributed by atoms with Crippen molar-refractivity contribution in [3.05, 3.63) is 72.6 Å². The van der Waals surface area contributed by atoms with Crippen molar-refractivity contribution in [2.45, 2.75) is 39.3 Å². The Labute approximate surface area is 264 Å². The number of nitrogens with zero attached hydrogens (tertiary/aromatic N) is 5.